The highest BCUT2D eigenvalue weighted by Gasteiger charge is 2.34. The number of likely N-dealkylation sites (tertiary alicyclic amines) is 1. The zero-order chi connectivity index (χ0) is 16.7. The van der Waals surface area contributed by atoms with Gasteiger partial charge in [0.15, 0.2) is 0 Å². The predicted octanol–water partition coefficient (Wildman–Crippen LogP) is 2.79. The van der Waals surface area contributed by atoms with Crippen molar-refractivity contribution in [2.45, 2.75) is 51.5 Å². The summed E-state index contributed by atoms with van der Waals surface area (Å²) in [5.74, 6) is 2.08. The van der Waals surface area contributed by atoms with E-state index in [4.69, 9.17) is 0 Å². The highest BCUT2D eigenvalue weighted by atomic mass is 16.2. The minimum absolute atomic E-state index is 0.0403. The first-order valence-electron chi connectivity index (χ1n) is 8.90. The summed E-state index contributed by atoms with van der Waals surface area (Å²) < 4.78 is 2.01. The third kappa shape index (κ3) is 2.62. The van der Waals surface area contributed by atoms with Crippen molar-refractivity contribution < 1.29 is 4.79 Å². The highest BCUT2D eigenvalue weighted by Crippen LogP contribution is 2.35. The van der Waals surface area contributed by atoms with E-state index in [1.807, 2.05) is 24.6 Å². The maximum atomic E-state index is 13.1. The van der Waals surface area contributed by atoms with Gasteiger partial charge >= 0.3 is 0 Å². The van der Waals surface area contributed by atoms with Gasteiger partial charge in [0.1, 0.15) is 11.6 Å². The number of rotatable bonds is 2. The Hall–Kier alpha value is -2.17. The molecule has 2 atom stereocenters. The van der Waals surface area contributed by atoms with Crippen LogP contribution in [-0.4, -0.2) is 38.7 Å². The van der Waals surface area contributed by atoms with E-state index in [0.29, 0.717) is 5.91 Å². The molecule has 1 saturated heterocycles. The van der Waals surface area contributed by atoms with E-state index < -0.39 is 0 Å². The fourth-order valence-electron chi connectivity index (χ4n) is 4.27. The summed E-state index contributed by atoms with van der Waals surface area (Å²) >= 11 is 0. The predicted molar refractivity (Wildman–Crippen MR) is 91.9 cm³/mol. The first-order valence-corrected chi connectivity index (χ1v) is 8.90. The number of aromatic nitrogens is 3. The molecule has 0 bridgehead atoms. The topological polar surface area (TPSA) is 51.0 Å². The van der Waals surface area contributed by atoms with Gasteiger partial charge in [-0.15, -0.1) is 0 Å². The first-order chi connectivity index (χ1) is 11.6. The molecule has 5 heteroatoms. The minimum atomic E-state index is 0.0403. The molecule has 0 N–H and O–H groups in total. The van der Waals surface area contributed by atoms with Crippen molar-refractivity contribution in [3.05, 3.63) is 47.0 Å². The molecule has 4 rings (SSSR count). The molecule has 1 fully saturated rings. The van der Waals surface area contributed by atoms with E-state index in [-0.39, 0.29) is 12.0 Å². The summed E-state index contributed by atoms with van der Waals surface area (Å²) in [6.07, 6.45) is 4.06. The summed E-state index contributed by atoms with van der Waals surface area (Å²) in [7, 11) is 0. The average molecular weight is 324 g/mol. The molecule has 2 aromatic rings. The molecule has 1 amide bonds. The van der Waals surface area contributed by atoms with Gasteiger partial charge in [-0.05, 0) is 50.7 Å². The summed E-state index contributed by atoms with van der Waals surface area (Å²) in [6.45, 7) is 5.53. The molecule has 0 spiro atoms. The van der Waals surface area contributed by atoms with Crippen LogP contribution < -0.4 is 0 Å². The summed E-state index contributed by atoms with van der Waals surface area (Å²) in [5.41, 5.74) is 2.57. The number of piperidine rings is 1. The number of carbonyl (C=O) groups excluding carboxylic acids is 1. The Morgan fingerprint density at radius 3 is 2.83 bits per heavy atom. The third-order valence-electron chi connectivity index (χ3n) is 5.39. The quantitative estimate of drug-likeness (QED) is 0.853. The largest absolute Gasteiger partial charge is 0.340 e. The number of nitrogens with zero attached hydrogens (tertiary/aromatic N) is 4. The van der Waals surface area contributed by atoms with Gasteiger partial charge in [-0.25, -0.2) is 9.67 Å². The van der Waals surface area contributed by atoms with Crippen molar-refractivity contribution in [2.75, 3.05) is 13.1 Å². The lowest BCUT2D eigenvalue weighted by Gasteiger charge is -2.34. The fourth-order valence-corrected chi connectivity index (χ4v) is 4.27. The molecule has 1 aliphatic carbocycles. The number of hydrogen-bond acceptors (Lipinski definition) is 3. The SMILES string of the molecule is Cc1nc(C)n([C@H]2CCCN(C(=O)[C@@H]3CCc4ccccc43)C2)n1. The molecular weight excluding hydrogens is 300 g/mol. The fraction of sp³-hybridized carbons (Fsp3) is 0.526. The van der Waals surface area contributed by atoms with E-state index in [9.17, 15) is 4.79 Å². The molecule has 126 valence electrons. The maximum absolute atomic E-state index is 13.1. The summed E-state index contributed by atoms with van der Waals surface area (Å²) in [6, 6.07) is 8.64. The lowest BCUT2D eigenvalue weighted by molar-refractivity contribution is -0.134. The molecule has 2 heterocycles. The summed E-state index contributed by atoms with van der Waals surface area (Å²) in [5, 5.41) is 4.53. The Kier molecular flexibility index (Phi) is 3.87. The number of hydrogen-bond donors (Lipinski definition) is 0. The van der Waals surface area contributed by atoms with Crippen LogP contribution in [0.4, 0.5) is 0 Å². The van der Waals surface area contributed by atoms with Crippen LogP contribution >= 0.6 is 0 Å². The van der Waals surface area contributed by atoms with Crippen LogP contribution in [0.5, 0.6) is 0 Å². The van der Waals surface area contributed by atoms with E-state index in [1.165, 1.54) is 11.1 Å². The lowest BCUT2D eigenvalue weighted by atomic mass is 9.97. The molecule has 5 nitrogen and oxygen atoms in total. The number of fused-ring (bicyclic) bond motifs is 1. The van der Waals surface area contributed by atoms with Gasteiger partial charge in [0.2, 0.25) is 5.91 Å². The van der Waals surface area contributed by atoms with Crippen LogP contribution in [0.1, 0.15) is 54.0 Å². The molecule has 2 aliphatic rings. The van der Waals surface area contributed by atoms with Crippen LogP contribution in [0.2, 0.25) is 0 Å². The Bertz CT molecular complexity index is 766. The van der Waals surface area contributed by atoms with Crippen molar-refractivity contribution in [1.82, 2.24) is 19.7 Å². The van der Waals surface area contributed by atoms with Gasteiger partial charge in [0.05, 0.1) is 12.0 Å². The standard InChI is InChI=1S/C19H24N4O/c1-13-20-14(2)23(21-13)16-7-5-11-22(12-16)19(24)18-10-9-15-6-3-4-8-17(15)18/h3-4,6,8,16,18H,5,7,9-12H2,1-2H3/t16-,18+/m0/s1. The van der Waals surface area contributed by atoms with Crippen LogP contribution in [0.3, 0.4) is 0 Å². The molecule has 24 heavy (non-hydrogen) atoms. The molecule has 1 aromatic carbocycles. The number of carbonyl (C=O) groups is 1. The van der Waals surface area contributed by atoms with Gasteiger partial charge in [0.25, 0.3) is 0 Å². The Balaban J connectivity index is 1.52. The van der Waals surface area contributed by atoms with E-state index in [2.05, 4.69) is 33.2 Å². The number of amides is 1. The minimum Gasteiger partial charge on any atom is -0.340 e. The maximum Gasteiger partial charge on any atom is 0.230 e. The van der Waals surface area contributed by atoms with Crippen LogP contribution in [0.25, 0.3) is 0 Å². The molecule has 0 saturated carbocycles. The molecule has 0 unspecified atom stereocenters. The van der Waals surface area contributed by atoms with Crippen LogP contribution in [0, 0.1) is 13.8 Å². The van der Waals surface area contributed by atoms with Crippen LogP contribution in [0.15, 0.2) is 24.3 Å². The van der Waals surface area contributed by atoms with Crippen molar-refractivity contribution in [3.8, 4) is 0 Å². The van der Waals surface area contributed by atoms with Crippen molar-refractivity contribution in [1.29, 1.82) is 0 Å². The van der Waals surface area contributed by atoms with Gasteiger partial charge in [-0.1, -0.05) is 24.3 Å². The van der Waals surface area contributed by atoms with Gasteiger partial charge in [-0.3, -0.25) is 4.79 Å². The Morgan fingerprint density at radius 2 is 2.04 bits per heavy atom. The van der Waals surface area contributed by atoms with Gasteiger partial charge in [0, 0.05) is 13.1 Å². The van der Waals surface area contributed by atoms with Crippen molar-refractivity contribution in [3.63, 3.8) is 0 Å². The first kappa shape index (κ1) is 15.4. The monoisotopic (exact) mass is 324 g/mol. The van der Waals surface area contributed by atoms with E-state index in [0.717, 1.165) is 50.4 Å². The molecular formula is C19H24N4O. The second kappa shape index (κ2) is 6.04. The summed E-state index contributed by atoms with van der Waals surface area (Å²) in [4.78, 5) is 19.6. The Labute approximate surface area is 142 Å². The smallest absolute Gasteiger partial charge is 0.230 e. The molecule has 1 aromatic heterocycles. The van der Waals surface area contributed by atoms with E-state index in [1.54, 1.807) is 0 Å². The average Bonchev–Trinajstić information content (AvgIpc) is 3.17. The van der Waals surface area contributed by atoms with E-state index >= 15 is 0 Å². The normalized spacial score (nSPS) is 23.3. The molecule has 1 aliphatic heterocycles. The number of aryl methyl sites for hydroxylation is 3. The second-order valence-corrected chi connectivity index (χ2v) is 7.02. The second-order valence-electron chi connectivity index (χ2n) is 7.02. The molecule has 0 radical (unpaired) electrons. The zero-order valence-corrected chi connectivity index (χ0v) is 14.4. The van der Waals surface area contributed by atoms with Gasteiger partial charge in [-0.2, -0.15) is 5.10 Å². The Morgan fingerprint density at radius 1 is 1.21 bits per heavy atom. The van der Waals surface area contributed by atoms with Crippen molar-refractivity contribution >= 4 is 5.91 Å². The lowest BCUT2D eigenvalue weighted by Crippen LogP contribution is -2.43. The van der Waals surface area contributed by atoms with Crippen LogP contribution in [-0.2, 0) is 11.2 Å². The van der Waals surface area contributed by atoms with Gasteiger partial charge < -0.3 is 4.90 Å². The zero-order valence-electron chi connectivity index (χ0n) is 14.4. The third-order valence-corrected chi connectivity index (χ3v) is 5.39. The number of benzene rings is 1. The highest BCUT2D eigenvalue weighted by molar-refractivity contribution is 5.85. The van der Waals surface area contributed by atoms with Crippen molar-refractivity contribution in [2.24, 2.45) is 0 Å².